The highest BCUT2D eigenvalue weighted by atomic mass is 35.5. The Kier molecular flexibility index (Phi) is 7.07. The molecule has 0 aromatic heterocycles. The fourth-order valence-corrected chi connectivity index (χ4v) is 3.59. The Morgan fingerprint density at radius 1 is 0.536 bits per heavy atom. The third kappa shape index (κ3) is 6.36. The van der Waals surface area contributed by atoms with Gasteiger partial charge in [-0.25, -0.2) is 18.1 Å². The van der Waals surface area contributed by atoms with Crippen molar-refractivity contribution in [2.75, 3.05) is 0 Å². The van der Waals surface area contributed by atoms with Crippen molar-refractivity contribution >= 4 is 39.7 Å². The lowest BCUT2D eigenvalue weighted by Gasteiger charge is -1.97. The molecule has 10 heteroatoms. The molecule has 0 radical (unpaired) electrons. The van der Waals surface area contributed by atoms with E-state index in [1.807, 2.05) is 0 Å². The van der Waals surface area contributed by atoms with Crippen LogP contribution in [-0.2, 0) is 9.13 Å². The molecule has 28 heavy (non-hydrogen) atoms. The van der Waals surface area contributed by atoms with Gasteiger partial charge in [-0.2, -0.15) is 0 Å². The number of benzene rings is 3. The van der Waals surface area contributed by atoms with E-state index in [-0.39, 0.29) is 11.5 Å². The summed E-state index contributed by atoms with van der Waals surface area (Å²) in [5, 5.41) is 0.889. The van der Waals surface area contributed by atoms with Crippen LogP contribution in [0.1, 0.15) is 0 Å². The van der Waals surface area contributed by atoms with Gasteiger partial charge >= 0.3 is 16.5 Å². The van der Waals surface area contributed by atoms with Crippen molar-refractivity contribution in [3.05, 3.63) is 82.8 Å². The fourth-order valence-electron chi connectivity index (χ4n) is 2.02. The fraction of sp³-hybridized carbons (Fsp3) is 0. The second-order valence-electron chi connectivity index (χ2n) is 5.20. The van der Waals surface area contributed by atoms with Crippen molar-refractivity contribution in [3.8, 4) is 23.0 Å². The van der Waals surface area contributed by atoms with Crippen LogP contribution in [0.15, 0.2) is 72.8 Å². The van der Waals surface area contributed by atoms with Crippen molar-refractivity contribution in [2.24, 2.45) is 0 Å². The number of rotatable bonds is 8. The smallest absolute Gasteiger partial charge is 0.222 e. The van der Waals surface area contributed by atoms with Crippen LogP contribution in [0.3, 0.4) is 0 Å². The van der Waals surface area contributed by atoms with Gasteiger partial charge in [0, 0.05) is 37.4 Å². The summed E-state index contributed by atoms with van der Waals surface area (Å²) >= 11 is 11.7. The van der Waals surface area contributed by atoms with Gasteiger partial charge in [0.15, 0.2) is 23.0 Å². The Morgan fingerprint density at radius 3 is 1.21 bits per heavy atom. The van der Waals surface area contributed by atoms with Gasteiger partial charge in [-0.3, -0.25) is 0 Å². The van der Waals surface area contributed by atoms with Gasteiger partial charge in [0.25, 0.3) is 0 Å². The molecule has 142 valence electrons. The van der Waals surface area contributed by atoms with Crippen molar-refractivity contribution in [2.45, 2.75) is 0 Å². The molecule has 0 amide bonds. The maximum atomic E-state index is 12.0. The molecule has 0 N–H and O–H groups in total. The first-order valence-corrected chi connectivity index (χ1v) is 10.7. The molecule has 0 saturated heterocycles. The summed E-state index contributed by atoms with van der Waals surface area (Å²) in [5.74, 6) is 1.01. The van der Waals surface area contributed by atoms with E-state index in [0.29, 0.717) is 21.5 Å². The molecule has 0 heterocycles. The maximum Gasteiger partial charge on any atom is 0.805 e. The Morgan fingerprint density at radius 2 is 0.857 bits per heavy atom. The van der Waals surface area contributed by atoms with E-state index >= 15 is 0 Å². The van der Waals surface area contributed by atoms with E-state index in [1.54, 1.807) is 54.6 Å². The zero-order valence-electron chi connectivity index (χ0n) is 14.0. The van der Waals surface area contributed by atoms with Gasteiger partial charge in [-0.05, 0) is 36.4 Å². The molecule has 2 atom stereocenters. The second kappa shape index (κ2) is 9.72. The maximum absolute atomic E-state index is 12.0. The minimum Gasteiger partial charge on any atom is -0.222 e. The van der Waals surface area contributed by atoms with Crippen LogP contribution in [0.4, 0.5) is 0 Å². The zero-order chi connectivity index (χ0) is 19.9. The molecule has 3 aromatic carbocycles. The SMILES string of the molecule is O=[P+](Oc1cccc(Cl)c1)Oc1cccc(O[P+](=O)Oc2cccc(Cl)c2)c1. The highest BCUT2D eigenvalue weighted by molar-refractivity contribution is 7.34. The molecular weight excluding hydrogens is 445 g/mol. The van der Waals surface area contributed by atoms with Gasteiger partial charge < -0.3 is 0 Å². The average Bonchev–Trinajstić information content (AvgIpc) is 2.61. The molecule has 0 fully saturated rings. The lowest BCUT2D eigenvalue weighted by molar-refractivity contribution is 0.409. The molecule has 3 aromatic rings. The first-order chi connectivity index (χ1) is 13.5. The number of hydrogen-bond acceptors (Lipinski definition) is 6. The van der Waals surface area contributed by atoms with Gasteiger partial charge in [0.1, 0.15) is 0 Å². The third-order valence-corrected chi connectivity index (χ3v) is 5.03. The highest BCUT2D eigenvalue weighted by Gasteiger charge is 2.27. The zero-order valence-corrected chi connectivity index (χ0v) is 17.3. The van der Waals surface area contributed by atoms with Crippen molar-refractivity contribution in [1.29, 1.82) is 0 Å². The van der Waals surface area contributed by atoms with E-state index < -0.39 is 16.5 Å². The highest BCUT2D eigenvalue weighted by Crippen LogP contribution is 2.36. The third-order valence-electron chi connectivity index (χ3n) is 3.12. The summed E-state index contributed by atoms with van der Waals surface area (Å²) in [7, 11) is -5.01. The van der Waals surface area contributed by atoms with Gasteiger partial charge in [0.05, 0.1) is 0 Å². The van der Waals surface area contributed by atoms with Gasteiger partial charge in [-0.15, -0.1) is 0 Å². The molecule has 0 aliphatic heterocycles. The predicted octanol–water partition coefficient (Wildman–Crippen LogP) is 7.22. The summed E-state index contributed by atoms with van der Waals surface area (Å²) < 4.78 is 44.9. The lowest BCUT2D eigenvalue weighted by atomic mass is 10.3. The molecule has 0 aliphatic carbocycles. The number of hydrogen-bond donors (Lipinski definition) is 0. The first-order valence-electron chi connectivity index (χ1n) is 7.75. The minimum atomic E-state index is -2.50. The van der Waals surface area contributed by atoms with E-state index in [9.17, 15) is 9.13 Å². The van der Waals surface area contributed by atoms with E-state index in [4.69, 9.17) is 41.3 Å². The normalized spacial score (nSPS) is 11.4. The Labute approximate surface area is 172 Å². The molecule has 3 rings (SSSR count). The van der Waals surface area contributed by atoms with E-state index in [0.717, 1.165) is 0 Å². The minimum absolute atomic E-state index is 0.201. The van der Waals surface area contributed by atoms with Gasteiger partial charge in [-0.1, -0.05) is 41.4 Å². The topological polar surface area (TPSA) is 71.1 Å². The van der Waals surface area contributed by atoms with Crippen molar-refractivity contribution in [1.82, 2.24) is 0 Å². The molecule has 6 nitrogen and oxygen atoms in total. The summed E-state index contributed by atoms with van der Waals surface area (Å²) in [6.45, 7) is 0. The molecule has 0 saturated carbocycles. The summed E-state index contributed by atoms with van der Waals surface area (Å²) in [5.41, 5.74) is 0. The first kappa shape index (κ1) is 20.4. The van der Waals surface area contributed by atoms with E-state index in [2.05, 4.69) is 0 Å². The Balaban J connectivity index is 1.58. The van der Waals surface area contributed by atoms with Crippen LogP contribution in [0, 0.1) is 0 Å². The summed E-state index contributed by atoms with van der Waals surface area (Å²) in [6, 6.07) is 18.9. The monoisotopic (exact) mass is 456 g/mol. The van der Waals surface area contributed by atoms with Crippen LogP contribution in [-0.4, -0.2) is 0 Å². The van der Waals surface area contributed by atoms with Crippen LogP contribution in [0.5, 0.6) is 23.0 Å². The Hall–Kier alpha value is -2.36. The molecule has 2 unspecified atom stereocenters. The number of halogens is 2. The van der Waals surface area contributed by atoms with Crippen LogP contribution in [0.25, 0.3) is 0 Å². The molecule has 0 bridgehead atoms. The molecular formula is C18H12Cl2O6P2+2. The van der Waals surface area contributed by atoms with Crippen molar-refractivity contribution in [3.63, 3.8) is 0 Å². The summed E-state index contributed by atoms with van der Waals surface area (Å²) in [6.07, 6.45) is 0. The second-order valence-corrected chi connectivity index (χ2v) is 7.70. The van der Waals surface area contributed by atoms with E-state index in [1.165, 1.54) is 18.2 Å². The van der Waals surface area contributed by atoms with Crippen LogP contribution >= 0.6 is 39.7 Å². The van der Waals surface area contributed by atoms with Crippen LogP contribution < -0.4 is 18.1 Å². The van der Waals surface area contributed by atoms with Crippen molar-refractivity contribution < 1.29 is 27.2 Å². The Bertz CT molecular complexity index is 938. The summed E-state index contributed by atoms with van der Waals surface area (Å²) in [4.78, 5) is 0. The van der Waals surface area contributed by atoms with Crippen LogP contribution in [0.2, 0.25) is 10.0 Å². The predicted molar refractivity (Wildman–Crippen MR) is 107 cm³/mol. The molecule has 0 aliphatic rings. The average molecular weight is 457 g/mol. The lowest BCUT2D eigenvalue weighted by Crippen LogP contribution is -1.91. The largest absolute Gasteiger partial charge is 0.805 e. The quantitative estimate of drug-likeness (QED) is 0.333. The standard InChI is InChI=1S/C18H12Cl2O6P2/c19-13-4-1-6-15(10-13)23-27(21)25-17-8-3-9-18(12-17)26-28(22)24-16-7-2-5-14(20)11-16/h1-12H/q+2. The van der Waals surface area contributed by atoms with Gasteiger partial charge in [0.2, 0.25) is 0 Å². The molecule has 0 spiro atoms.